The molecule has 0 saturated heterocycles. The van der Waals surface area contributed by atoms with E-state index in [4.69, 9.17) is 9.84 Å². The lowest BCUT2D eigenvalue weighted by molar-refractivity contribution is -0.146. The third-order valence-electron chi connectivity index (χ3n) is 1.77. The molecule has 0 fully saturated rings. The van der Waals surface area contributed by atoms with Gasteiger partial charge in [0.1, 0.15) is 5.75 Å². The molecular weight excluding hydrogens is 426 g/mol. The van der Waals surface area contributed by atoms with Gasteiger partial charge >= 0.3 is 5.97 Å². The van der Waals surface area contributed by atoms with Gasteiger partial charge in [-0.15, -0.1) is 0 Å². The first-order valence-corrected chi connectivity index (χ1v) is 6.07. The van der Waals surface area contributed by atoms with Crippen molar-refractivity contribution in [2.75, 3.05) is 7.11 Å². The fourth-order valence-corrected chi connectivity index (χ4v) is 3.33. The Morgan fingerprint density at radius 1 is 1.40 bits per heavy atom. The molecule has 0 spiro atoms. The van der Waals surface area contributed by atoms with Crippen molar-refractivity contribution in [2.24, 2.45) is 0 Å². The minimum Gasteiger partial charge on any atom is -0.495 e. The molecule has 1 rings (SSSR count). The lowest BCUT2D eigenvalue weighted by atomic mass is 10.1. The van der Waals surface area contributed by atoms with Crippen molar-refractivity contribution in [3.8, 4) is 5.75 Å². The minimum absolute atomic E-state index is 0.358. The van der Waals surface area contributed by atoms with Crippen LogP contribution in [0.4, 0.5) is 0 Å². The van der Waals surface area contributed by atoms with Gasteiger partial charge in [0.2, 0.25) is 0 Å². The quantitative estimate of drug-likeness (QED) is 0.716. The SMILES string of the molecule is COc1c(I)cc(C(O)C(=O)O)cc1I. The van der Waals surface area contributed by atoms with Gasteiger partial charge in [0.25, 0.3) is 0 Å². The molecule has 0 aliphatic rings. The number of hydrogen-bond donors (Lipinski definition) is 2. The summed E-state index contributed by atoms with van der Waals surface area (Å²) in [5.41, 5.74) is 0.358. The summed E-state index contributed by atoms with van der Waals surface area (Å²) in [6, 6.07) is 3.20. The molecule has 1 aromatic rings. The van der Waals surface area contributed by atoms with E-state index in [0.717, 1.165) is 7.14 Å². The predicted octanol–water partition coefficient (Wildman–Crippen LogP) is 2.02. The maximum absolute atomic E-state index is 10.6. The van der Waals surface area contributed by atoms with E-state index >= 15 is 0 Å². The molecule has 2 N–H and O–H groups in total. The third kappa shape index (κ3) is 2.94. The van der Waals surface area contributed by atoms with Gasteiger partial charge in [-0.05, 0) is 62.9 Å². The fraction of sp³-hybridized carbons (Fsp3) is 0.222. The number of rotatable bonds is 3. The zero-order chi connectivity index (χ0) is 11.6. The number of carboxylic acids is 1. The highest BCUT2D eigenvalue weighted by molar-refractivity contribution is 14.1. The first-order chi connectivity index (χ1) is 6.97. The molecule has 0 heterocycles. The van der Waals surface area contributed by atoms with Crippen molar-refractivity contribution in [2.45, 2.75) is 6.10 Å². The van der Waals surface area contributed by atoms with E-state index in [1.165, 1.54) is 0 Å². The average molecular weight is 434 g/mol. The van der Waals surface area contributed by atoms with E-state index in [1.807, 2.05) is 45.2 Å². The van der Waals surface area contributed by atoms with Gasteiger partial charge < -0.3 is 14.9 Å². The van der Waals surface area contributed by atoms with Crippen molar-refractivity contribution >= 4 is 51.2 Å². The van der Waals surface area contributed by atoms with E-state index in [9.17, 15) is 9.90 Å². The molecule has 0 aliphatic carbocycles. The van der Waals surface area contributed by atoms with E-state index in [-0.39, 0.29) is 0 Å². The van der Waals surface area contributed by atoms with Crippen molar-refractivity contribution in [1.29, 1.82) is 0 Å². The van der Waals surface area contributed by atoms with Crippen LogP contribution in [0.2, 0.25) is 0 Å². The van der Waals surface area contributed by atoms with Crippen LogP contribution in [0.5, 0.6) is 5.75 Å². The monoisotopic (exact) mass is 434 g/mol. The van der Waals surface area contributed by atoms with Crippen LogP contribution in [-0.4, -0.2) is 23.3 Å². The summed E-state index contributed by atoms with van der Waals surface area (Å²) >= 11 is 4.07. The van der Waals surface area contributed by atoms with Gasteiger partial charge in [-0.25, -0.2) is 4.79 Å². The lowest BCUT2D eigenvalue weighted by Crippen LogP contribution is -2.11. The second-order valence-corrected chi connectivity index (χ2v) is 5.08. The van der Waals surface area contributed by atoms with Crippen molar-refractivity contribution in [3.63, 3.8) is 0 Å². The van der Waals surface area contributed by atoms with E-state index in [1.54, 1.807) is 19.2 Å². The van der Waals surface area contributed by atoms with Crippen molar-refractivity contribution in [1.82, 2.24) is 0 Å². The summed E-state index contributed by atoms with van der Waals surface area (Å²) in [4.78, 5) is 10.6. The van der Waals surface area contributed by atoms with E-state index < -0.39 is 12.1 Å². The highest BCUT2D eigenvalue weighted by atomic mass is 127. The number of methoxy groups -OCH3 is 1. The van der Waals surface area contributed by atoms with Gasteiger partial charge in [0, 0.05) is 0 Å². The summed E-state index contributed by atoms with van der Waals surface area (Å²) in [6.07, 6.45) is -1.49. The van der Waals surface area contributed by atoms with Crippen molar-refractivity contribution in [3.05, 3.63) is 24.8 Å². The molecule has 82 valence electrons. The average Bonchev–Trinajstić information content (AvgIpc) is 2.15. The molecular formula is C9H8I2O4. The Morgan fingerprint density at radius 2 is 1.87 bits per heavy atom. The number of aliphatic carboxylic acids is 1. The lowest BCUT2D eigenvalue weighted by Gasteiger charge is -2.11. The Labute approximate surface area is 114 Å². The number of ether oxygens (including phenoxy) is 1. The summed E-state index contributed by atoms with van der Waals surface area (Å²) in [5, 5.41) is 18.0. The van der Waals surface area contributed by atoms with Crippen molar-refractivity contribution < 1.29 is 19.7 Å². The summed E-state index contributed by atoms with van der Waals surface area (Å²) in [5.74, 6) is -0.565. The first-order valence-electron chi connectivity index (χ1n) is 3.91. The Bertz CT molecular complexity index is 369. The number of carboxylic acid groups (broad SMARTS) is 1. The number of hydrogen-bond acceptors (Lipinski definition) is 3. The Balaban J connectivity index is 3.19. The van der Waals surface area contributed by atoms with Crippen LogP contribution >= 0.6 is 45.2 Å². The highest BCUT2D eigenvalue weighted by Crippen LogP contribution is 2.30. The smallest absolute Gasteiger partial charge is 0.337 e. The number of benzene rings is 1. The van der Waals surface area contributed by atoms with Gasteiger partial charge in [-0.2, -0.15) is 0 Å². The largest absolute Gasteiger partial charge is 0.495 e. The first kappa shape index (κ1) is 13.0. The fourth-order valence-electron chi connectivity index (χ4n) is 1.07. The van der Waals surface area contributed by atoms with Crippen LogP contribution in [0.3, 0.4) is 0 Å². The predicted molar refractivity (Wildman–Crippen MR) is 71.0 cm³/mol. The van der Waals surface area contributed by atoms with Crippen LogP contribution in [0, 0.1) is 7.14 Å². The molecule has 15 heavy (non-hydrogen) atoms. The highest BCUT2D eigenvalue weighted by Gasteiger charge is 2.18. The Hall–Kier alpha value is -0.0900. The number of halogens is 2. The summed E-state index contributed by atoms with van der Waals surface area (Å²) < 4.78 is 6.68. The van der Waals surface area contributed by atoms with Crippen LogP contribution in [-0.2, 0) is 4.79 Å². The molecule has 0 bridgehead atoms. The molecule has 1 unspecified atom stereocenters. The van der Waals surface area contributed by atoms with Gasteiger partial charge in [-0.3, -0.25) is 0 Å². The van der Waals surface area contributed by atoms with Crippen LogP contribution < -0.4 is 4.74 Å². The normalized spacial score (nSPS) is 12.3. The second kappa shape index (κ2) is 5.30. The van der Waals surface area contributed by atoms with Crippen LogP contribution in [0.1, 0.15) is 11.7 Å². The second-order valence-electron chi connectivity index (χ2n) is 2.76. The van der Waals surface area contributed by atoms with E-state index in [0.29, 0.717) is 11.3 Å². The number of aliphatic hydroxyl groups excluding tert-OH is 1. The maximum Gasteiger partial charge on any atom is 0.337 e. The molecule has 0 radical (unpaired) electrons. The summed E-state index contributed by atoms with van der Waals surface area (Å²) in [6.45, 7) is 0. The molecule has 0 saturated carbocycles. The van der Waals surface area contributed by atoms with Crippen LogP contribution in [0.25, 0.3) is 0 Å². The molecule has 0 aliphatic heterocycles. The molecule has 1 atom stereocenters. The number of aliphatic hydroxyl groups is 1. The van der Waals surface area contributed by atoms with Crippen LogP contribution in [0.15, 0.2) is 12.1 Å². The molecule has 0 amide bonds. The topological polar surface area (TPSA) is 66.8 Å². The Kier molecular flexibility index (Phi) is 4.59. The maximum atomic E-state index is 10.6. The zero-order valence-corrected chi connectivity index (χ0v) is 12.0. The minimum atomic E-state index is -1.49. The summed E-state index contributed by atoms with van der Waals surface area (Å²) in [7, 11) is 1.55. The van der Waals surface area contributed by atoms with Gasteiger partial charge in [-0.1, -0.05) is 0 Å². The Morgan fingerprint density at radius 3 is 2.20 bits per heavy atom. The van der Waals surface area contributed by atoms with Gasteiger partial charge in [0.15, 0.2) is 6.10 Å². The molecule has 4 nitrogen and oxygen atoms in total. The molecule has 1 aromatic carbocycles. The zero-order valence-electron chi connectivity index (χ0n) is 7.70. The standard InChI is InChI=1S/C9H8I2O4/c1-15-8-5(10)2-4(3-6(8)11)7(12)9(13)14/h2-3,7,12H,1H3,(H,13,14). The van der Waals surface area contributed by atoms with E-state index in [2.05, 4.69) is 0 Å². The molecule has 0 aromatic heterocycles. The molecule has 6 heteroatoms. The van der Waals surface area contributed by atoms with Gasteiger partial charge in [0.05, 0.1) is 14.3 Å². The third-order valence-corrected chi connectivity index (χ3v) is 3.38. The number of carbonyl (C=O) groups is 1.